The van der Waals surface area contributed by atoms with Gasteiger partial charge < -0.3 is 4.57 Å². The zero-order valence-electron chi connectivity index (χ0n) is 34.4. The summed E-state index contributed by atoms with van der Waals surface area (Å²) in [6.07, 6.45) is 13.6. The standard InChI is InChI=1S/C59H51N/c1-10-28-58(29-11-1)51-16-6-2-13-46(51)50-35-40(23-27-52(50)58)57(39-20-24-44(25-21-39)60-55-18-8-4-14-48(55)49-15-5-9-19-56(49)60)41-22-26-47-45-12-3-7-17-53(45)59(54(47)36-41)42-31-37-30-38(33-42)34-43(59)32-37/h2-9,12-27,35-38,42-43,57H,1,10-11,28-34H2. The fraction of sp³-hybridized carbons (Fsp3) is 0.288. The van der Waals surface area contributed by atoms with Gasteiger partial charge in [0.2, 0.25) is 0 Å². The highest BCUT2D eigenvalue weighted by Gasteiger charge is 2.61. The van der Waals surface area contributed by atoms with Gasteiger partial charge in [0.1, 0.15) is 0 Å². The van der Waals surface area contributed by atoms with Crippen LogP contribution in [0.25, 0.3) is 49.7 Å². The van der Waals surface area contributed by atoms with Crippen molar-refractivity contribution in [2.75, 3.05) is 0 Å². The molecule has 1 nitrogen and oxygen atoms in total. The first-order chi connectivity index (χ1) is 29.7. The lowest BCUT2D eigenvalue weighted by Gasteiger charge is -2.61. The second-order valence-corrected chi connectivity index (χ2v) is 19.9. The van der Waals surface area contributed by atoms with Crippen LogP contribution in [0.3, 0.4) is 0 Å². The number of fused-ring (bicyclic) bond motifs is 11. The molecule has 5 fully saturated rings. The van der Waals surface area contributed by atoms with E-state index < -0.39 is 0 Å². The van der Waals surface area contributed by atoms with E-state index in [1.807, 2.05) is 0 Å². The molecular weight excluding hydrogens is 723 g/mol. The fourth-order valence-electron chi connectivity index (χ4n) is 15.3. The molecule has 15 rings (SSSR count). The molecule has 292 valence electrons. The summed E-state index contributed by atoms with van der Waals surface area (Å²) in [5.74, 6) is 3.47. The molecule has 0 aliphatic heterocycles. The van der Waals surface area contributed by atoms with Crippen LogP contribution in [0, 0.1) is 23.7 Å². The predicted molar refractivity (Wildman–Crippen MR) is 247 cm³/mol. The third kappa shape index (κ3) is 4.44. The first-order valence-corrected chi connectivity index (χ1v) is 23.3. The van der Waals surface area contributed by atoms with Crippen molar-refractivity contribution in [2.24, 2.45) is 23.7 Å². The van der Waals surface area contributed by atoms with E-state index in [2.05, 4.69) is 162 Å². The first kappa shape index (κ1) is 34.1. The van der Waals surface area contributed by atoms with E-state index in [1.165, 1.54) is 131 Å². The summed E-state index contributed by atoms with van der Waals surface area (Å²) in [5.41, 5.74) is 20.7. The van der Waals surface area contributed by atoms with Gasteiger partial charge in [-0.2, -0.15) is 0 Å². The largest absolute Gasteiger partial charge is 0.309 e. The summed E-state index contributed by atoms with van der Waals surface area (Å²) in [7, 11) is 0. The number of aromatic nitrogens is 1. The maximum Gasteiger partial charge on any atom is 0.0541 e. The van der Waals surface area contributed by atoms with E-state index in [-0.39, 0.29) is 16.7 Å². The Balaban J connectivity index is 0.967. The minimum Gasteiger partial charge on any atom is -0.309 e. The summed E-state index contributed by atoms with van der Waals surface area (Å²) in [5, 5.41) is 2.61. The maximum absolute atomic E-state index is 2.74. The van der Waals surface area contributed by atoms with Crippen LogP contribution in [0.4, 0.5) is 0 Å². The average molecular weight is 774 g/mol. The van der Waals surface area contributed by atoms with Gasteiger partial charge >= 0.3 is 0 Å². The van der Waals surface area contributed by atoms with Gasteiger partial charge in [0.15, 0.2) is 0 Å². The van der Waals surface area contributed by atoms with Gasteiger partial charge in [-0.05, 0) is 160 Å². The predicted octanol–water partition coefficient (Wildman–Crippen LogP) is 14.9. The van der Waals surface area contributed by atoms with E-state index in [0.717, 1.165) is 23.7 Å². The first-order valence-electron chi connectivity index (χ1n) is 23.3. The highest BCUT2D eigenvalue weighted by atomic mass is 15.0. The second-order valence-electron chi connectivity index (χ2n) is 19.9. The third-order valence-electron chi connectivity index (χ3n) is 17.3. The van der Waals surface area contributed by atoms with Gasteiger partial charge in [0.25, 0.3) is 0 Å². The zero-order valence-corrected chi connectivity index (χ0v) is 34.4. The van der Waals surface area contributed by atoms with Crippen LogP contribution in [0.15, 0.2) is 158 Å². The summed E-state index contributed by atoms with van der Waals surface area (Å²) in [6, 6.07) is 62.0. The lowest BCUT2D eigenvalue weighted by molar-refractivity contribution is -0.0399. The molecule has 7 aliphatic rings. The Bertz CT molecular complexity index is 2960. The lowest BCUT2D eigenvalue weighted by atomic mass is 9.43. The number of hydrogen-bond acceptors (Lipinski definition) is 0. The zero-order chi connectivity index (χ0) is 39.2. The van der Waals surface area contributed by atoms with Gasteiger partial charge in [-0.1, -0.05) is 147 Å². The van der Waals surface area contributed by atoms with E-state index in [4.69, 9.17) is 0 Å². The average Bonchev–Trinajstić information content (AvgIpc) is 3.88. The number of rotatable bonds is 4. The normalized spacial score (nSPS) is 25.5. The molecule has 8 aromatic rings. The van der Waals surface area contributed by atoms with Crippen LogP contribution >= 0.6 is 0 Å². The highest BCUT2D eigenvalue weighted by Crippen LogP contribution is 2.69. The molecule has 0 saturated heterocycles. The number of para-hydroxylation sites is 2. The Morgan fingerprint density at radius 1 is 0.417 bits per heavy atom. The van der Waals surface area contributed by atoms with Crippen molar-refractivity contribution in [3.05, 3.63) is 197 Å². The molecule has 0 radical (unpaired) electrons. The van der Waals surface area contributed by atoms with Crippen LogP contribution in [0.5, 0.6) is 0 Å². The molecule has 1 heterocycles. The number of benzene rings is 7. The second kappa shape index (κ2) is 12.4. The highest BCUT2D eigenvalue weighted by molar-refractivity contribution is 6.09. The summed E-state index contributed by atoms with van der Waals surface area (Å²) in [4.78, 5) is 0. The number of nitrogens with zero attached hydrogens (tertiary/aromatic N) is 1. The minimum atomic E-state index is 0.112. The molecule has 1 unspecified atom stereocenters. The molecule has 0 N–H and O–H groups in total. The molecular formula is C59H51N. The monoisotopic (exact) mass is 773 g/mol. The van der Waals surface area contributed by atoms with Gasteiger partial charge in [-0.15, -0.1) is 0 Å². The SMILES string of the molecule is c1ccc2c(c1)-c1cc(C(c3ccc(-n4c5ccccc5c5ccccc54)cc3)c3ccc4c(c3)C3(c5ccccc5-4)C4CC5CC(C4)CC3C5)ccc1C21CCCCC1. The van der Waals surface area contributed by atoms with Crippen LogP contribution < -0.4 is 0 Å². The Morgan fingerprint density at radius 2 is 0.950 bits per heavy atom. The van der Waals surface area contributed by atoms with Gasteiger partial charge in [-0.25, -0.2) is 0 Å². The molecule has 7 aliphatic carbocycles. The molecule has 1 aromatic heterocycles. The van der Waals surface area contributed by atoms with Crippen LogP contribution in [0.2, 0.25) is 0 Å². The number of hydrogen-bond donors (Lipinski definition) is 0. The van der Waals surface area contributed by atoms with Crippen molar-refractivity contribution in [1.82, 2.24) is 4.57 Å². The van der Waals surface area contributed by atoms with E-state index in [0.29, 0.717) is 0 Å². The van der Waals surface area contributed by atoms with Gasteiger partial charge in [0.05, 0.1) is 11.0 Å². The van der Waals surface area contributed by atoms with E-state index in [9.17, 15) is 0 Å². The van der Waals surface area contributed by atoms with Crippen molar-refractivity contribution >= 4 is 21.8 Å². The Labute approximate surface area is 354 Å². The van der Waals surface area contributed by atoms with E-state index >= 15 is 0 Å². The quantitative estimate of drug-likeness (QED) is 0.157. The molecule has 5 saturated carbocycles. The lowest BCUT2D eigenvalue weighted by Crippen LogP contribution is -2.55. The van der Waals surface area contributed by atoms with Crippen LogP contribution in [-0.2, 0) is 10.8 Å². The van der Waals surface area contributed by atoms with E-state index in [1.54, 1.807) is 22.3 Å². The minimum absolute atomic E-state index is 0.112. The van der Waals surface area contributed by atoms with Crippen molar-refractivity contribution < 1.29 is 0 Å². The molecule has 7 aromatic carbocycles. The van der Waals surface area contributed by atoms with Crippen molar-refractivity contribution in [2.45, 2.75) is 81.0 Å². The molecule has 0 amide bonds. The fourth-order valence-corrected chi connectivity index (χ4v) is 15.3. The molecule has 1 atom stereocenters. The Kier molecular flexibility index (Phi) is 7.07. The Morgan fingerprint density at radius 3 is 1.65 bits per heavy atom. The maximum atomic E-state index is 2.74. The smallest absolute Gasteiger partial charge is 0.0541 e. The van der Waals surface area contributed by atoms with Gasteiger partial charge in [0, 0.05) is 33.2 Å². The summed E-state index contributed by atoms with van der Waals surface area (Å²) in [6.45, 7) is 0. The molecule has 1 heteroatoms. The molecule has 4 bridgehead atoms. The topological polar surface area (TPSA) is 4.93 Å². The van der Waals surface area contributed by atoms with Crippen molar-refractivity contribution in [3.8, 4) is 27.9 Å². The summed E-state index contributed by atoms with van der Waals surface area (Å²) < 4.78 is 2.46. The third-order valence-corrected chi connectivity index (χ3v) is 17.3. The van der Waals surface area contributed by atoms with Crippen molar-refractivity contribution in [1.29, 1.82) is 0 Å². The van der Waals surface area contributed by atoms with Crippen LogP contribution in [-0.4, -0.2) is 4.57 Å². The molecule has 2 spiro atoms. The van der Waals surface area contributed by atoms with Crippen molar-refractivity contribution in [3.63, 3.8) is 0 Å². The Hall–Kier alpha value is -5.66. The van der Waals surface area contributed by atoms with Crippen LogP contribution in [0.1, 0.15) is 109 Å². The molecule has 60 heavy (non-hydrogen) atoms. The van der Waals surface area contributed by atoms with Gasteiger partial charge in [-0.3, -0.25) is 0 Å². The summed E-state index contributed by atoms with van der Waals surface area (Å²) >= 11 is 0.